The van der Waals surface area contributed by atoms with Gasteiger partial charge in [-0.1, -0.05) is 6.92 Å². The fourth-order valence-electron chi connectivity index (χ4n) is 2.19. The SMILES string of the molecule is CCCNCc1cccn1CC1CCCO1. The Balaban J connectivity index is 1.85. The largest absolute Gasteiger partial charge is 0.376 e. The van der Waals surface area contributed by atoms with E-state index in [9.17, 15) is 0 Å². The van der Waals surface area contributed by atoms with E-state index in [4.69, 9.17) is 4.74 Å². The summed E-state index contributed by atoms with van der Waals surface area (Å²) in [6, 6.07) is 4.32. The van der Waals surface area contributed by atoms with Crippen LogP contribution < -0.4 is 5.32 Å². The van der Waals surface area contributed by atoms with E-state index in [1.807, 2.05) is 0 Å². The van der Waals surface area contributed by atoms with E-state index in [-0.39, 0.29) is 0 Å². The molecule has 1 unspecified atom stereocenters. The molecule has 0 bridgehead atoms. The number of rotatable bonds is 6. The maximum absolute atomic E-state index is 5.67. The molecule has 16 heavy (non-hydrogen) atoms. The van der Waals surface area contributed by atoms with Gasteiger partial charge in [0.05, 0.1) is 6.10 Å². The van der Waals surface area contributed by atoms with Gasteiger partial charge in [-0.15, -0.1) is 0 Å². The van der Waals surface area contributed by atoms with Gasteiger partial charge in [0.15, 0.2) is 0 Å². The molecule has 1 fully saturated rings. The van der Waals surface area contributed by atoms with Crippen molar-refractivity contribution >= 4 is 0 Å². The molecule has 1 atom stereocenters. The maximum atomic E-state index is 5.67. The summed E-state index contributed by atoms with van der Waals surface area (Å²) >= 11 is 0. The number of nitrogens with one attached hydrogen (secondary N) is 1. The van der Waals surface area contributed by atoms with Gasteiger partial charge in [0.2, 0.25) is 0 Å². The lowest BCUT2D eigenvalue weighted by Gasteiger charge is -2.14. The van der Waals surface area contributed by atoms with Crippen molar-refractivity contribution in [2.24, 2.45) is 0 Å². The van der Waals surface area contributed by atoms with Gasteiger partial charge in [-0.2, -0.15) is 0 Å². The molecule has 0 spiro atoms. The van der Waals surface area contributed by atoms with Crippen LogP contribution in [0.5, 0.6) is 0 Å². The minimum Gasteiger partial charge on any atom is -0.376 e. The summed E-state index contributed by atoms with van der Waals surface area (Å²) in [5.74, 6) is 0. The lowest BCUT2D eigenvalue weighted by atomic mass is 10.2. The second-order valence-corrected chi connectivity index (χ2v) is 4.46. The first-order chi connectivity index (χ1) is 7.90. The van der Waals surface area contributed by atoms with Crippen LogP contribution in [0.4, 0.5) is 0 Å². The molecule has 2 rings (SSSR count). The van der Waals surface area contributed by atoms with Gasteiger partial charge in [0.25, 0.3) is 0 Å². The second kappa shape index (κ2) is 6.06. The Labute approximate surface area is 97.8 Å². The van der Waals surface area contributed by atoms with Crippen LogP contribution in [0.1, 0.15) is 31.9 Å². The van der Waals surface area contributed by atoms with Crippen LogP contribution in [-0.4, -0.2) is 23.8 Å². The molecule has 3 nitrogen and oxygen atoms in total. The second-order valence-electron chi connectivity index (χ2n) is 4.46. The summed E-state index contributed by atoms with van der Waals surface area (Å²) in [6.07, 6.45) is 6.20. The Morgan fingerprint density at radius 3 is 3.25 bits per heavy atom. The van der Waals surface area contributed by atoms with E-state index >= 15 is 0 Å². The Morgan fingerprint density at radius 2 is 2.50 bits per heavy atom. The lowest BCUT2D eigenvalue weighted by molar-refractivity contribution is 0.0964. The normalized spacial score (nSPS) is 20.4. The molecule has 1 aromatic rings. The van der Waals surface area contributed by atoms with E-state index in [0.717, 1.165) is 26.2 Å². The minimum atomic E-state index is 0.428. The molecule has 2 heterocycles. The van der Waals surface area contributed by atoms with Gasteiger partial charge in [0.1, 0.15) is 0 Å². The summed E-state index contributed by atoms with van der Waals surface area (Å²) in [5, 5.41) is 3.44. The Hall–Kier alpha value is -0.800. The van der Waals surface area contributed by atoms with Gasteiger partial charge < -0.3 is 14.6 Å². The van der Waals surface area contributed by atoms with Crippen molar-refractivity contribution in [1.29, 1.82) is 0 Å². The van der Waals surface area contributed by atoms with Crippen molar-refractivity contribution < 1.29 is 4.74 Å². The van der Waals surface area contributed by atoms with E-state index in [1.165, 1.54) is 25.0 Å². The molecule has 1 aromatic heterocycles. The minimum absolute atomic E-state index is 0.428. The van der Waals surface area contributed by atoms with Crippen LogP contribution in [-0.2, 0) is 17.8 Å². The van der Waals surface area contributed by atoms with Crippen LogP contribution in [0, 0.1) is 0 Å². The monoisotopic (exact) mass is 222 g/mol. The van der Waals surface area contributed by atoms with Crippen molar-refractivity contribution in [1.82, 2.24) is 9.88 Å². The zero-order chi connectivity index (χ0) is 11.2. The molecule has 1 saturated heterocycles. The quantitative estimate of drug-likeness (QED) is 0.747. The first kappa shape index (κ1) is 11.7. The maximum Gasteiger partial charge on any atom is 0.0754 e. The standard InChI is InChI=1S/C13H22N2O/c1-2-7-14-10-12-5-3-8-15(12)11-13-6-4-9-16-13/h3,5,8,13-14H,2,4,6-7,9-11H2,1H3. The molecular formula is C13H22N2O. The van der Waals surface area contributed by atoms with Crippen molar-refractivity contribution in [3.63, 3.8) is 0 Å². The third-order valence-corrected chi connectivity index (χ3v) is 3.08. The zero-order valence-electron chi connectivity index (χ0n) is 10.1. The predicted molar refractivity (Wildman–Crippen MR) is 65.4 cm³/mol. The molecular weight excluding hydrogens is 200 g/mol. The number of hydrogen-bond donors (Lipinski definition) is 1. The van der Waals surface area contributed by atoms with Crippen molar-refractivity contribution in [2.75, 3.05) is 13.2 Å². The first-order valence-corrected chi connectivity index (χ1v) is 6.36. The number of hydrogen-bond acceptors (Lipinski definition) is 2. The van der Waals surface area contributed by atoms with Crippen LogP contribution in [0.15, 0.2) is 18.3 Å². The van der Waals surface area contributed by atoms with Gasteiger partial charge in [-0.25, -0.2) is 0 Å². The molecule has 1 aliphatic rings. The van der Waals surface area contributed by atoms with Gasteiger partial charge in [0, 0.05) is 31.6 Å². The van der Waals surface area contributed by atoms with Crippen molar-refractivity contribution in [3.05, 3.63) is 24.0 Å². The highest BCUT2D eigenvalue weighted by Crippen LogP contribution is 2.15. The van der Waals surface area contributed by atoms with Gasteiger partial charge in [-0.3, -0.25) is 0 Å². The van der Waals surface area contributed by atoms with E-state index in [2.05, 4.69) is 35.1 Å². The Kier molecular flexibility index (Phi) is 4.43. The predicted octanol–water partition coefficient (Wildman–Crippen LogP) is 2.17. The Morgan fingerprint density at radius 1 is 1.56 bits per heavy atom. The molecule has 1 N–H and O–H groups in total. The van der Waals surface area contributed by atoms with E-state index in [1.54, 1.807) is 0 Å². The summed E-state index contributed by atoms with van der Waals surface area (Å²) in [6.45, 7) is 6.20. The van der Waals surface area contributed by atoms with Gasteiger partial charge in [-0.05, 0) is 37.9 Å². The average molecular weight is 222 g/mol. The number of aromatic nitrogens is 1. The first-order valence-electron chi connectivity index (χ1n) is 6.36. The van der Waals surface area contributed by atoms with Crippen LogP contribution in [0.25, 0.3) is 0 Å². The highest BCUT2D eigenvalue weighted by Gasteiger charge is 2.16. The molecule has 1 aliphatic heterocycles. The molecule has 0 radical (unpaired) electrons. The third-order valence-electron chi connectivity index (χ3n) is 3.08. The average Bonchev–Trinajstić information content (AvgIpc) is 2.92. The topological polar surface area (TPSA) is 26.2 Å². The summed E-state index contributed by atoms with van der Waals surface area (Å²) in [7, 11) is 0. The highest BCUT2D eigenvalue weighted by molar-refractivity contribution is 5.07. The lowest BCUT2D eigenvalue weighted by Crippen LogP contribution is -2.20. The highest BCUT2D eigenvalue weighted by atomic mass is 16.5. The van der Waals surface area contributed by atoms with Crippen molar-refractivity contribution in [2.45, 2.75) is 45.4 Å². The van der Waals surface area contributed by atoms with Crippen LogP contribution in [0.2, 0.25) is 0 Å². The number of nitrogens with zero attached hydrogens (tertiary/aromatic N) is 1. The molecule has 0 saturated carbocycles. The molecule has 0 aromatic carbocycles. The molecule has 0 amide bonds. The van der Waals surface area contributed by atoms with Crippen LogP contribution >= 0.6 is 0 Å². The summed E-state index contributed by atoms with van der Waals surface area (Å²) in [5.41, 5.74) is 1.36. The fourth-order valence-corrected chi connectivity index (χ4v) is 2.19. The van der Waals surface area contributed by atoms with E-state index in [0.29, 0.717) is 6.10 Å². The van der Waals surface area contributed by atoms with Gasteiger partial charge >= 0.3 is 0 Å². The number of ether oxygens (including phenoxy) is 1. The molecule has 3 heteroatoms. The Bertz CT molecular complexity index is 303. The summed E-state index contributed by atoms with van der Waals surface area (Å²) < 4.78 is 7.98. The smallest absolute Gasteiger partial charge is 0.0754 e. The van der Waals surface area contributed by atoms with Crippen molar-refractivity contribution in [3.8, 4) is 0 Å². The molecule has 0 aliphatic carbocycles. The third kappa shape index (κ3) is 3.09. The fraction of sp³-hybridized carbons (Fsp3) is 0.692. The molecule has 90 valence electrons. The van der Waals surface area contributed by atoms with E-state index < -0.39 is 0 Å². The zero-order valence-corrected chi connectivity index (χ0v) is 10.1. The van der Waals surface area contributed by atoms with Crippen LogP contribution in [0.3, 0.4) is 0 Å². The summed E-state index contributed by atoms with van der Waals surface area (Å²) in [4.78, 5) is 0.